The zero-order chi connectivity index (χ0) is 18.8. The molecular formula is C22H21N6+. The largest absolute Gasteiger partial charge is 0.368 e. The number of aromatic nitrogens is 4. The summed E-state index contributed by atoms with van der Waals surface area (Å²) < 4.78 is 0. The van der Waals surface area contributed by atoms with Crippen LogP contribution in [0, 0.1) is 0 Å². The molecule has 1 aliphatic heterocycles. The number of hydrogen-bond acceptors (Lipinski definition) is 5. The lowest BCUT2D eigenvalue weighted by atomic mass is 10.2. The van der Waals surface area contributed by atoms with E-state index in [9.17, 15) is 0 Å². The summed E-state index contributed by atoms with van der Waals surface area (Å²) in [6.07, 6.45) is 7.53. The van der Waals surface area contributed by atoms with Crippen LogP contribution in [0.2, 0.25) is 0 Å². The molecule has 1 fully saturated rings. The average Bonchev–Trinajstić information content (AvgIpc) is 2.80. The van der Waals surface area contributed by atoms with E-state index in [4.69, 9.17) is 9.97 Å². The maximum atomic E-state index is 4.94. The molecule has 3 aromatic heterocycles. The molecule has 0 radical (unpaired) electrons. The predicted molar refractivity (Wildman–Crippen MR) is 110 cm³/mol. The Morgan fingerprint density at radius 2 is 1.57 bits per heavy atom. The van der Waals surface area contributed by atoms with E-state index >= 15 is 0 Å². The van der Waals surface area contributed by atoms with Crippen LogP contribution in [0.3, 0.4) is 0 Å². The fraction of sp³-hybridized carbons (Fsp3) is 0.182. The fourth-order valence-corrected chi connectivity index (χ4v) is 3.69. The molecule has 1 aliphatic rings. The van der Waals surface area contributed by atoms with Crippen LogP contribution >= 0.6 is 0 Å². The number of fused-ring (bicyclic) bond motifs is 1. The molecule has 0 atom stereocenters. The van der Waals surface area contributed by atoms with Gasteiger partial charge in [0.2, 0.25) is 0 Å². The van der Waals surface area contributed by atoms with Crippen molar-refractivity contribution in [2.45, 2.75) is 0 Å². The summed E-state index contributed by atoms with van der Waals surface area (Å²) in [7, 11) is 0. The molecule has 0 spiro atoms. The topological polar surface area (TPSA) is 59.3 Å². The number of pyridine rings is 2. The molecule has 5 rings (SSSR count). The van der Waals surface area contributed by atoms with Gasteiger partial charge in [-0.15, -0.1) is 0 Å². The maximum absolute atomic E-state index is 4.94. The Bertz CT molecular complexity index is 1080. The standard InChI is InChI=1S/C22H20N6/c1-2-6-20-19(5-1)22(26-21(25-20)17-4-3-9-24-16-17)28-14-12-27(13-15-28)18-7-10-23-11-8-18/h1-11,16H,12-15H2/p+1. The Hall–Kier alpha value is -3.54. The van der Waals surface area contributed by atoms with Crippen molar-refractivity contribution in [1.29, 1.82) is 0 Å². The summed E-state index contributed by atoms with van der Waals surface area (Å²) in [5.74, 6) is 1.73. The van der Waals surface area contributed by atoms with Crippen LogP contribution in [0.5, 0.6) is 0 Å². The predicted octanol–water partition coefficient (Wildman–Crippen LogP) is 2.83. The molecule has 0 saturated carbocycles. The summed E-state index contributed by atoms with van der Waals surface area (Å²) in [6, 6.07) is 16.4. The molecule has 4 aromatic rings. The molecule has 4 heterocycles. The van der Waals surface area contributed by atoms with Gasteiger partial charge in [0, 0.05) is 67.3 Å². The van der Waals surface area contributed by atoms with Gasteiger partial charge in [0.25, 0.3) is 0 Å². The van der Waals surface area contributed by atoms with Crippen molar-refractivity contribution in [2.24, 2.45) is 0 Å². The van der Waals surface area contributed by atoms with E-state index in [1.54, 1.807) is 6.20 Å². The van der Waals surface area contributed by atoms with Gasteiger partial charge in [-0.1, -0.05) is 12.1 Å². The van der Waals surface area contributed by atoms with Gasteiger partial charge >= 0.3 is 0 Å². The maximum Gasteiger partial charge on any atom is 0.169 e. The number of nitrogens with one attached hydrogen (secondary N) is 1. The summed E-state index contributed by atoms with van der Waals surface area (Å²) in [4.78, 5) is 21.8. The van der Waals surface area contributed by atoms with Gasteiger partial charge in [0.15, 0.2) is 18.2 Å². The van der Waals surface area contributed by atoms with Gasteiger partial charge < -0.3 is 9.80 Å². The second-order valence-electron chi connectivity index (χ2n) is 6.86. The Morgan fingerprint density at radius 3 is 2.36 bits per heavy atom. The Morgan fingerprint density at radius 1 is 0.786 bits per heavy atom. The van der Waals surface area contributed by atoms with Gasteiger partial charge in [-0.25, -0.2) is 15.0 Å². The summed E-state index contributed by atoms with van der Waals surface area (Å²) in [6.45, 7) is 3.77. The molecule has 1 aromatic carbocycles. The molecule has 0 unspecified atom stereocenters. The minimum Gasteiger partial charge on any atom is -0.368 e. The van der Waals surface area contributed by atoms with E-state index in [1.165, 1.54) is 5.69 Å². The van der Waals surface area contributed by atoms with E-state index < -0.39 is 0 Å². The van der Waals surface area contributed by atoms with Crippen molar-refractivity contribution in [3.8, 4) is 11.4 Å². The second-order valence-corrected chi connectivity index (χ2v) is 6.86. The molecule has 138 valence electrons. The molecule has 1 N–H and O–H groups in total. The highest BCUT2D eigenvalue weighted by Crippen LogP contribution is 2.28. The first kappa shape index (κ1) is 16.6. The first-order chi connectivity index (χ1) is 13.9. The van der Waals surface area contributed by atoms with Gasteiger partial charge in [-0.05, 0) is 24.3 Å². The lowest BCUT2D eigenvalue weighted by Crippen LogP contribution is -2.47. The molecule has 0 amide bonds. The fourth-order valence-electron chi connectivity index (χ4n) is 3.69. The first-order valence-electron chi connectivity index (χ1n) is 9.52. The van der Waals surface area contributed by atoms with Crippen molar-refractivity contribution in [3.63, 3.8) is 0 Å². The van der Waals surface area contributed by atoms with Crippen molar-refractivity contribution >= 4 is 22.4 Å². The smallest absolute Gasteiger partial charge is 0.169 e. The van der Waals surface area contributed by atoms with Crippen LogP contribution in [0.4, 0.5) is 11.5 Å². The van der Waals surface area contributed by atoms with E-state index in [0.717, 1.165) is 54.3 Å². The van der Waals surface area contributed by atoms with Crippen LogP contribution in [-0.4, -0.2) is 41.1 Å². The molecule has 6 heteroatoms. The van der Waals surface area contributed by atoms with Gasteiger partial charge in [-0.3, -0.25) is 4.98 Å². The lowest BCUT2D eigenvalue weighted by Gasteiger charge is -2.36. The third-order valence-corrected chi connectivity index (χ3v) is 5.15. The van der Waals surface area contributed by atoms with Crippen LogP contribution in [-0.2, 0) is 0 Å². The molecule has 28 heavy (non-hydrogen) atoms. The minimum absolute atomic E-state index is 0.725. The zero-order valence-electron chi connectivity index (χ0n) is 15.5. The molecule has 0 aliphatic carbocycles. The molecule has 6 nitrogen and oxygen atoms in total. The highest BCUT2D eigenvalue weighted by molar-refractivity contribution is 5.91. The molecule has 0 bridgehead atoms. The number of para-hydroxylation sites is 1. The minimum atomic E-state index is 0.725. The van der Waals surface area contributed by atoms with Gasteiger partial charge in [-0.2, -0.15) is 0 Å². The van der Waals surface area contributed by atoms with E-state index in [0.29, 0.717) is 0 Å². The number of piperazine rings is 1. The number of rotatable bonds is 3. The molecule has 1 saturated heterocycles. The second kappa shape index (κ2) is 7.23. The third-order valence-electron chi connectivity index (χ3n) is 5.15. The van der Waals surface area contributed by atoms with E-state index in [2.05, 4.69) is 50.1 Å². The number of benzene rings is 1. The lowest BCUT2D eigenvalue weighted by molar-refractivity contribution is -0.377. The van der Waals surface area contributed by atoms with Crippen molar-refractivity contribution in [1.82, 2.24) is 15.0 Å². The van der Waals surface area contributed by atoms with Gasteiger partial charge in [0.1, 0.15) is 5.82 Å². The SMILES string of the molecule is c1cncc(-c2nc(N3CCN(c4cc[nH+]cc4)CC3)c3ccccc3n2)c1. The monoisotopic (exact) mass is 369 g/mol. The number of H-pyrrole nitrogens is 1. The van der Waals surface area contributed by atoms with Crippen molar-refractivity contribution < 1.29 is 4.98 Å². The van der Waals surface area contributed by atoms with Crippen molar-refractivity contribution in [3.05, 3.63) is 73.3 Å². The normalized spacial score (nSPS) is 14.4. The Balaban J connectivity index is 1.49. The molecular weight excluding hydrogens is 348 g/mol. The van der Waals surface area contributed by atoms with E-state index in [1.807, 2.05) is 36.8 Å². The number of nitrogens with zero attached hydrogens (tertiary/aromatic N) is 5. The van der Waals surface area contributed by atoms with Crippen molar-refractivity contribution in [2.75, 3.05) is 36.0 Å². The quantitative estimate of drug-likeness (QED) is 0.556. The van der Waals surface area contributed by atoms with Crippen LogP contribution in [0.25, 0.3) is 22.3 Å². The summed E-state index contributed by atoms with van der Waals surface area (Å²) in [5, 5.41) is 1.10. The number of aromatic amines is 1. The summed E-state index contributed by atoms with van der Waals surface area (Å²) in [5.41, 5.74) is 3.16. The van der Waals surface area contributed by atoms with Crippen LogP contribution < -0.4 is 14.8 Å². The summed E-state index contributed by atoms with van der Waals surface area (Å²) >= 11 is 0. The average molecular weight is 369 g/mol. The number of hydrogen-bond donors (Lipinski definition) is 0. The van der Waals surface area contributed by atoms with Gasteiger partial charge in [0.05, 0.1) is 5.52 Å². The number of anilines is 2. The highest BCUT2D eigenvalue weighted by atomic mass is 15.3. The zero-order valence-corrected chi connectivity index (χ0v) is 15.5. The Labute approximate surface area is 163 Å². The first-order valence-corrected chi connectivity index (χ1v) is 9.52. The van der Waals surface area contributed by atoms with E-state index in [-0.39, 0.29) is 0 Å². The van der Waals surface area contributed by atoms with Crippen LogP contribution in [0.1, 0.15) is 0 Å². The third kappa shape index (κ3) is 3.13. The van der Waals surface area contributed by atoms with Crippen LogP contribution in [0.15, 0.2) is 73.3 Å². The Kier molecular flexibility index (Phi) is 4.29. The highest BCUT2D eigenvalue weighted by Gasteiger charge is 2.21.